The number of nitrogen functional groups attached to an aromatic ring is 1. The Hall–Kier alpha value is -2.63. The van der Waals surface area contributed by atoms with Gasteiger partial charge in [0.05, 0.1) is 18.4 Å². The molecule has 0 aliphatic heterocycles. The minimum Gasteiger partial charge on any atom is -0.494 e. The van der Waals surface area contributed by atoms with Gasteiger partial charge < -0.3 is 15.2 Å². The first-order valence-electron chi connectivity index (χ1n) is 6.06. The van der Waals surface area contributed by atoms with Crippen LogP contribution in [0.3, 0.4) is 0 Å². The Morgan fingerprint density at radius 3 is 2.67 bits per heavy atom. The number of anilines is 1. The molecule has 21 heavy (non-hydrogen) atoms. The topological polar surface area (TPSA) is 61.5 Å². The van der Waals surface area contributed by atoms with E-state index in [0.717, 1.165) is 6.07 Å². The van der Waals surface area contributed by atoms with E-state index in [1.807, 2.05) is 0 Å². The van der Waals surface area contributed by atoms with Gasteiger partial charge in [0.15, 0.2) is 11.6 Å². The number of halogens is 2. The van der Waals surface area contributed by atoms with Crippen LogP contribution in [0.15, 0.2) is 36.4 Å². The molecule has 0 saturated carbocycles. The second-order valence-corrected chi connectivity index (χ2v) is 4.25. The molecular formula is C15H13F2NO3. The molecule has 0 amide bonds. The van der Waals surface area contributed by atoms with Crippen molar-refractivity contribution in [2.45, 2.75) is 6.61 Å². The fourth-order valence-corrected chi connectivity index (χ4v) is 1.72. The normalized spacial score (nSPS) is 10.2. The second-order valence-electron chi connectivity index (χ2n) is 4.25. The monoisotopic (exact) mass is 293 g/mol. The molecule has 2 rings (SSSR count). The molecule has 0 bridgehead atoms. The van der Waals surface area contributed by atoms with Crippen LogP contribution < -0.4 is 10.5 Å². The fraction of sp³-hybridized carbons (Fsp3) is 0.133. The highest BCUT2D eigenvalue weighted by molar-refractivity contribution is 5.90. The van der Waals surface area contributed by atoms with Crippen molar-refractivity contribution in [3.8, 4) is 5.75 Å². The first kappa shape index (κ1) is 14.8. The molecule has 0 unspecified atom stereocenters. The molecule has 6 heteroatoms. The van der Waals surface area contributed by atoms with E-state index in [2.05, 4.69) is 0 Å². The molecular weight excluding hydrogens is 280 g/mol. The number of carbonyl (C=O) groups excluding carboxylic acids is 1. The summed E-state index contributed by atoms with van der Waals surface area (Å²) in [5.74, 6) is -1.87. The highest BCUT2D eigenvalue weighted by Crippen LogP contribution is 2.21. The van der Waals surface area contributed by atoms with Crippen molar-refractivity contribution in [3.05, 3.63) is 59.2 Å². The lowest BCUT2D eigenvalue weighted by atomic mass is 10.2. The average molecular weight is 293 g/mol. The van der Waals surface area contributed by atoms with Crippen molar-refractivity contribution < 1.29 is 23.0 Å². The number of rotatable bonds is 4. The van der Waals surface area contributed by atoms with Gasteiger partial charge in [-0.15, -0.1) is 0 Å². The lowest BCUT2D eigenvalue weighted by Gasteiger charge is -2.09. The molecule has 110 valence electrons. The Balaban J connectivity index is 2.09. The third kappa shape index (κ3) is 3.28. The molecule has 2 N–H and O–H groups in total. The standard InChI is InChI=1S/C15H13F2NO3/c1-20-13-4-2-3-10(14(13)17)8-21-15(19)9-5-6-11(16)12(18)7-9/h2-7H,8,18H2,1H3. The Morgan fingerprint density at radius 1 is 1.24 bits per heavy atom. The van der Waals surface area contributed by atoms with Gasteiger partial charge in [-0.2, -0.15) is 0 Å². The summed E-state index contributed by atoms with van der Waals surface area (Å²) in [5.41, 5.74) is 5.49. The van der Waals surface area contributed by atoms with Crippen LogP contribution in [0.1, 0.15) is 15.9 Å². The second kappa shape index (κ2) is 6.21. The van der Waals surface area contributed by atoms with Crippen LogP contribution in [-0.4, -0.2) is 13.1 Å². The number of esters is 1. The highest BCUT2D eigenvalue weighted by atomic mass is 19.1. The van der Waals surface area contributed by atoms with Crippen molar-refractivity contribution in [2.75, 3.05) is 12.8 Å². The fourth-order valence-electron chi connectivity index (χ4n) is 1.72. The number of methoxy groups -OCH3 is 1. The molecule has 2 aromatic carbocycles. The van der Waals surface area contributed by atoms with Gasteiger partial charge in [0.2, 0.25) is 0 Å². The zero-order valence-corrected chi connectivity index (χ0v) is 11.2. The predicted molar refractivity (Wildman–Crippen MR) is 72.9 cm³/mol. The third-order valence-electron chi connectivity index (χ3n) is 2.85. The number of ether oxygens (including phenoxy) is 2. The highest BCUT2D eigenvalue weighted by Gasteiger charge is 2.13. The number of hydrogen-bond donors (Lipinski definition) is 1. The van der Waals surface area contributed by atoms with E-state index in [1.165, 1.54) is 31.4 Å². The first-order chi connectivity index (χ1) is 10.0. The van der Waals surface area contributed by atoms with Crippen molar-refractivity contribution in [1.29, 1.82) is 0 Å². The number of benzene rings is 2. The summed E-state index contributed by atoms with van der Waals surface area (Å²) in [7, 11) is 1.34. The summed E-state index contributed by atoms with van der Waals surface area (Å²) in [6, 6.07) is 8.00. The molecule has 0 aromatic heterocycles. The lowest BCUT2D eigenvalue weighted by Crippen LogP contribution is -2.07. The molecule has 0 atom stereocenters. The SMILES string of the molecule is COc1cccc(COC(=O)c2ccc(F)c(N)c2)c1F. The van der Waals surface area contributed by atoms with Crippen LogP contribution in [-0.2, 0) is 11.3 Å². The van der Waals surface area contributed by atoms with Gasteiger partial charge in [0, 0.05) is 5.56 Å². The number of hydrogen-bond acceptors (Lipinski definition) is 4. The maximum Gasteiger partial charge on any atom is 0.338 e. The van der Waals surface area contributed by atoms with Gasteiger partial charge in [-0.25, -0.2) is 13.6 Å². The zero-order valence-electron chi connectivity index (χ0n) is 11.2. The minimum absolute atomic E-state index is 0.0644. The van der Waals surface area contributed by atoms with Crippen molar-refractivity contribution in [1.82, 2.24) is 0 Å². The maximum absolute atomic E-state index is 13.9. The molecule has 2 aromatic rings. The Bertz CT molecular complexity index is 674. The quantitative estimate of drug-likeness (QED) is 0.695. The largest absolute Gasteiger partial charge is 0.494 e. The minimum atomic E-state index is -0.719. The van der Waals surface area contributed by atoms with Crippen molar-refractivity contribution in [3.63, 3.8) is 0 Å². The summed E-state index contributed by atoms with van der Waals surface area (Å²) in [6.07, 6.45) is 0. The summed E-state index contributed by atoms with van der Waals surface area (Å²) < 4.78 is 36.7. The van der Waals surface area contributed by atoms with Gasteiger partial charge in [0.25, 0.3) is 0 Å². The van der Waals surface area contributed by atoms with Crippen LogP contribution in [0.4, 0.5) is 14.5 Å². The molecule has 0 saturated heterocycles. The molecule has 0 aliphatic rings. The summed E-state index contributed by atoms with van der Waals surface area (Å²) in [6.45, 7) is -0.265. The third-order valence-corrected chi connectivity index (χ3v) is 2.85. The Kier molecular flexibility index (Phi) is 4.37. The number of carbonyl (C=O) groups is 1. The van der Waals surface area contributed by atoms with Crippen LogP contribution in [0.5, 0.6) is 5.75 Å². The molecule has 0 heterocycles. The first-order valence-corrected chi connectivity index (χ1v) is 6.06. The number of nitrogens with two attached hydrogens (primary N) is 1. The van der Waals surface area contributed by atoms with Gasteiger partial charge in [-0.05, 0) is 24.3 Å². The summed E-state index contributed by atoms with van der Waals surface area (Å²) in [4.78, 5) is 11.8. The maximum atomic E-state index is 13.9. The Morgan fingerprint density at radius 2 is 2.00 bits per heavy atom. The van der Waals surface area contributed by atoms with Gasteiger partial charge in [-0.3, -0.25) is 0 Å². The van der Waals surface area contributed by atoms with E-state index in [0.29, 0.717) is 0 Å². The molecule has 0 spiro atoms. The van der Waals surface area contributed by atoms with Crippen molar-refractivity contribution >= 4 is 11.7 Å². The lowest BCUT2D eigenvalue weighted by molar-refractivity contribution is 0.0468. The van der Waals surface area contributed by atoms with Gasteiger partial charge in [-0.1, -0.05) is 12.1 Å². The van der Waals surface area contributed by atoms with Crippen LogP contribution in [0.2, 0.25) is 0 Å². The summed E-state index contributed by atoms with van der Waals surface area (Å²) >= 11 is 0. The van der Waals surface area contributed by atoms with E-state index < -0.39 is 17.6 Å². The van der Waals surface area contributed by atoms with E-state index in [9.17, 15) is 13.6 Å². The Labute approximate surface area is 120 Å². The van der Waals surface area contributed by atoms with E-state index in [1.54, 1.807) is 6.07 Å². The van der Waals surface area contributed by atoms with Gasteiger partial charge in [0.1, 0.15) is 12.4 Å². The molecule has 0 fully saturated rings. The molecule has 0 aliphatic carbocycles. The van der Waals surface area contributed by atoms with Crippen LogP contribution in [0.25, 0.3) is 0 Å². The predicted octanol–water partition coefficient (Wildman–Crippen LogP) is 2.91. The zero-order chi connectivity index (χ0) is 15.4. The summed E-state index contributed by atoms with van der Waals surface area (Å²) in [5, 5.41) is 0. The van der Waals surface area contributed by atoms with Crippen LogP contribution >= 0.6 is 0 Å². The van der Waals surface area contributed by atoms with E-state index >= 15 is 0 Å². The average Bonchev–Trinajstić information content (AvgIpc) is 2.48. The van der Waals surface area contributed by atoms with Crippen molar-refractivity contribution in [2.24, 2.45) is 0 Å². The molecule has 4 nitrogen and oxygen atoms in total. The smallest absolute Gasteiger partial charge is 0.338 e. The van der Waals surface area contributed by atoms with E-state index in [-0.39, 0.29) is 29.2 Å². The van der Waals surface area contributed by atoms with E-state index in [4.69, 9.17) is 15.2 Å². The van der Waals surface area contributed by atoms with Crippen LogP contribution in [0, 0.1) is 11.6 Å². The molecule has 0 radical (unpaired) electrons. The van der Waals surface area contributed by atoms with Gasteiger partial charge >= 0.3 is 5.97 Å².